The fraction of sp³-hybridized carbons (Fsp3) is 0.667. The minimum Gasteiger partial charge on any atom is -0.480 e. The summed E-state index contributed by atoms with van der Waals surface area (Å²) in [6, 6.07) is 7.93. The van der Waals surface area contributed by atoms with Crippen molar-refractivity contribution in [1.29, 1.82) is 0 Å². The zero-order chi connectivity index (χ0) is 17.6. The standard InChI is InChI=1S/C21H27NO4/c23-20(19-11-16-3-1-2-4-18(16)26-19)22-13-21(14-22)17(8-10-25-21)7-9-24-12-15-5-6-15/h1-4,15,17,19H,5-14H2/t17-,19-/m0/s1. The molecular weight excluding hydrogens is 330 g/mol. The topological polar surface area (TPSA) is 48.0 Å². The maximum atomic E-state index is 12.8. The Morgan fingerprint density at radius 3 is 2.88 bits per heavy atom. The van der Waals surface area contributed by atoms with Crippen LogP contribution in [0.4, 0.5) is 0 Å². The average molecular weight is 357 g/mol. The summed E-state index contributed by atoms with van der Waals surface area (Å²) in [4.78, 5) is 14.7. The van der Waals surface area contributed by atoms with Crippen LogP contribution in [0.2, 0.25) is 0 Å². The smallest absolute Gasteiger partial charge is 0.264 e. The molecule has 1 aromatic carbocycles. The Labute approximate surface area is 154 Å². The van der Waals surface area contributed by atoms with Crippen molar-refractivity contribution in [2.24, 2.45) is 11.8 Å². The molecular formula is C21H27NO4. The minimum atomic E-state index is -0.369. The molecule has 0 bridgehead atoms. The normalized spacial score (nSPS) is 28.7. The van der Waals surface area contributed by atoms with E-state index < -0.39 is 0 Å². The largest absolute Gasteiger partial charge is 0.480 e. The summed E-state index contributed by atoms with van der Waals surface area (Å²) in [5, 5.41) is 0. The highest BCUT2D eigenvalue weighted by Gasteiger charge is 2.55. The van der Waals surface area contributed by atoms with Crippen LogP contribution in [0.1, 0.15) is 31.2 Å². The van der Waals surface area contributed by atoms with Crippen molar-refractivity contribution < 1.29 is 19.0 Å². The lowest BCUT2D eigenvalue weighted by atomic mass is 9.79. The highest BCUT2D eigenvalue weighted by molar-refractivity contribution is 5.83. The number of carbonyl (C=O) groups excluding carboxylic acids is 1. The number of amides is 1. The van der Waals surface area contributed by atoms with E-state index in [9.17, 15) is 4.79 Å². The van der Waals surface area contributed by atoms with Gasteiger partial charge >= 0.3 is 0 Å². The lowest BCUT2D eigenvalue weighted by Crippen LogP contribution is -2.67. The first-order valence-corrected chi connectivity index (χ1v) is 9.99. The third-order valence-electron chi connectivity index (χ3n) is 6.41. The number of carbonyl (C=O) groups is 1. The van der Waals surface area contributed by atoms with Crippen molar-refractivity contribution in [2.75, 3.05) is 32.9 Å². The average Bonchev–Trinajstić information content (AvgIpc) is 3.18. The zero-order valence-corrected chi connectivity index (χ0v) is 15.2. The van der Waals surface area contributed by atoms with E-state index in [2.05, 4.69) is 0 Å². The molecule has 2 atom stereocenters. The van der Waals surface area contributed by atoms with Gasteiger partial charge in [-0.2, -0.15) is 0 Å². The van der Waals surface area contributed by atoms with E-state index in [0.717, 1.165) is 49.9 Å². The minimum absolute atomic E-state index is 0.103. The Kier molecular flexibility index (Phi) is 4.17. The van der Waals surface area contributed by atoms with E-state index in [4.69, 9.17) is 14.2 Å². The molecule has 5 heteroatoms. The second-order valence-corrected chi connectivity index (χ2v) is 8.32. The highest BCUT2D eigenvalue weighted by Crippen LogP contribution is 2.42. The Balaban J connectivity index is 1.13. The molecule has 5 rings (SSSR count). The molecule has 5 nitrogen and oxygen atoms in total. The first kappa shape index (κ1) is 16.6. The number of para-hydroxylation sites is 1. The van der Waals surface area contributed by atoms with E-state index in [-0.39, 0.29) is 17.6 Å². The van der Waals surface area contributed by atoms with E-state index in [0.29, 0.717) is 25.4 Å². The van der Waals surface area contributed by atoms with Gasteiger partial charge in [-0.05, 0) is 49.1 Å². The number of rotatable bonds is 6. The van der Waals surface area contributed by atoms with Crippen LogP contribution in [-0.4, -0.2) is 55.4 Å². The molecule has 3 aliphatic heterocycles. The molecule has 1 saturated carbocycles. The third kappa shape index (κ3) is 3.01. The van der Waals surface area contributed by atoms with Crippen LogP contribution in [0.5, 0.6) is 5.75 Å². The monoisotopic (exact) mass is 357 g/mol. The van der Waals surface area contributed by atoms with E-state index in [1.54, 1.807) is 0 Å². The molecule has 0 radical (unpaired) electrons. The molecule has 0 aromatic heterocycles. The number of nitrogens with zero attached hydrogens (tertiary/aromatic N) is 1. The van der Waals surface area contributed by atoms with Crippen LogP contribution in [0.25, 0.3) is 0 Å². The third-order valence-corrected chi connectivity index (χ3v) is 6.41. The SMILES string of the molecule is O=C([C@@H]1Cc2ccccc2O1)N1CC2(C1)OCC[C@@H]2CCOCC1CC1. The number of likely N-dealkylation sites (tertiary alicyclic amines) is 1. The molecule has 3 fully saturated rings. The van der Waals surface area contributed by atoms with Gasteiger partial charge in [0.05, 0.1) is 13.1 Å². The number of benzene rings is 1. The first-order chi connectivity index (χ1) is 12.7. The Morgan fingerprint density at radius 1 is 1.23 bits per heavy atom. The summed E-state index contributed by atoms with van der Waals surface area (Å²) in [6.45, 7) is 3.96. The van der Waals surface area contributed by atoms with Gasteiger partial charge in [-0.15, -0.1) is 0 Å². The summed E-state index contributed by atoms with van der Waals surface area (Å²) in [6.07, 6.45) is 5.10. The number of hydrogen-bond donors (Lipinski definition) is 0. The molecule has 1 spiro atoms. The van der Waals surface area contributed by atoms with Crippen LogP contribution in [0.3, 0.4) is 0 Å². The second kappa shape index (κ2) is 6.54. The van der Waals surface area contributed by atoms with Crippen LogP contribution in [0, 0.1) is 11.8 Å². The van der Waals surface area contributed by atoms with Gasteiger partial charge < -0.3 is 19.1 Å². The van der Waals surface area contributed by atoms with Crippen LogP contribution < -0.4 is 4.74 Å². The maximum absolute atomic E-state index is 12.8. The van der Waals surface area contributed by atoms with Crippen LogP contribution in [-0.2, 0) is 20.7 Å². The van der Waals surface area contributed by atoms with E-state index in [1.165, 1.54) is 12.8 Å². The number of ether oxygens (including phenoxy) is 3. The lowest BCUT2D eigenvalue weighted by molar-refractivity contribution is -0.171. The summed E-state index contributed by atoms with van der Waals surface area (Å²) in [5.74, 6) is 2.28. The molecule has 1 aromatic rings. The molecule has 3 heterocycles. The van der Waals surface area contributed by atoms with Gasteiger partial charge in [-0.1, -0.05) is 18.2 Å². The van der Waals surface area contributed by atoms with E-state index in [1.807, 2.05) is 29.2 Å². The van der Waals surface area contributed by atoms with Crippen LogP contribution in [0.15, 0.2) is 24.3 Å². The molecule has 140 valence electrons. The second-order valence-electron chi connectivity index (χ2n) is 8.32. The summed E-state index contributed by atoms with van der Waals surface area (Å²) in [7, 11) is 0. The fourth-order valence-corrected chi connectivity index (χ4v) is 4.58. The summed E-state index contributed by atoms with van der Waals surface area (Å²) >= 11 is 0. The molecule has 1 amide bonds. The van der Waals surface area contributed by atoms with Crippen molar-refractivity contribution in [3.63, 3.8) is 0 Å². The Bertz CT molecular complexity index is 655. The molecule has 26 heavy (non-hydrogen) atoms. The van der Waals surface area contributed by atoms with Crippen LogP contribution >= 0.6 is 0 Å². The fourth-order valence-electron chi connectivity index (χ4n) is 4.58. The summed E-state index contributed by atoms with van der Waals surface area (Å²) < 4.78 is 17.8. The van der Waals surface area contributed by atoms with Gasteiger partial charge in [0.15, 0.2) is 6.10 Å². The van der Waals surface area contributed by atoms with E-state index >= 15 is 0 Å². The number of fused-ring (bicyclic) bond motifs is 1. The van der Waals surface area contributed by atoms with Crippen molar-refractivity contribution in [1.82, 2.24) is 4.90 Å². The Hall–Kier alpha value is -1.59. The summed E-state index contributed by atoms with van der Waals surface area (Å²) in [5.41, 5.74) is 0.994. The first-order valence-electron chi connectivity index (χ1n) is 9.99. The van der Waals surface area contributed by atoms with Gasteiger partial charge in [-0.3, -0.25) is 4.79 Å². The molecule has 0 N–H and O–H groups in total. The van der Waals surface area contributed by atoms with Crippen molar-refractivity contribution >= 4 is 5.91 Å². The zero-order valence-electron chi connectivity index (χ0n) is 15.2. The molecule has 4 aliphatic rings. The lowest BCUT2D eigenvalue weighted by Gasteiger charge is -2.50. The highest BCUT2D eigenvalue weighted by atomic mass is 16.5. The van der Waals surface area contributed by atoms with Gasteiger partial charge in [0.25, 0.3) is 5.91 Å². The maximum Gasteiger partial charge on any atom is 0.264 e. The number of hydrogen-bond acceptors (Lipinski definition) is 4. The van der Waals surface area contributed by atoms with Gasteiger partial charge in [0.2, 0.25) is 0 Å². The van der Waals surface area contributed by atoms with Gasteiger partial charge in [-0.25, -0.2) is 0 Å². The predicted octanol–water partition coefficient (Wildman–Crippen LogP) is 2.42. The quantitative estimate of drug-likeness (QED) is 0.734. The predicted molar refractivity (Wildman–Crippen MR) is 96.1 cm³/mol. The van der Waals surface area contributed by atoms with Gasteiger partial charge in [0.1, 0.15) is 11.4 Å². The van der Waals surface area contributed by atoms with Gasteiger partial charge in [0, 0.05) is 26.2 Å². The van der Waals surface area contributed by atoms with Crippen molar-refractivity contribution in [3.05, 3.63) is 29.8 Å². The van der Waals surface area contributed by atoms with Crippen molar-refractivity contribution in [2.45, 2.75) is 43.8 Å². The Morgan fingerprint density at radius 2 is 2.08 bits per heavy atom. The van der Waals surface area contributed by atoms with Crippen molar-refractivity contribution in [3.8, 4) is 5.75 Å². The molecule has 0 unspecified atom stereocenters. The molecule has 1 aliphatic carbocycles. The molecule has 2 saturated heterocycles.